The largest absolute Gasteiger partial charge is 4.00 e. The summed E-state index contributed by atoms with van der Waals surface area (Å²) in [7, 11) is -8.18. The van der Waals surface area contributed by atoms with Crippen LogP contribution in [-0.4, -0.2) is 73.4 Å². The zero-order valence-corrected chi connectivity index (χ0v) is 23.3. The maximum atomic E-state index is 10.4. The number of hydrogen-bond acceptors (Lipinski definition) is 8. The quantitative estimate of drug-likeness (QED) is 0.208. The van der Waals surface area contributed by atoms with E-state index in [1.54, 1.807) is 12.2 Å². The maximum Gasteiger partial charge on any atom is 4.00 e. The van der Waals surface area contributed by atoms with E-state index in [-0.39, 0.29) is 57.4 Å². The molecular formula is C20H28Cl2N2O6PtS2. The van der Waals surface area contributed by atoms with Crippen molar-refractivity contribution in [1.29, 1.82) is 0 Å². The predicted molar refractivity (Wildman–Crippen MR) is 116 cm³/mol. The van der Waals surface area contributed by atoms with Gasteiger partial charge in [0.1, 0.15) is 0 Å². The zero-order chi connectivity index (χ0) is 22.6. The summed E-state index contributed by atoms with van der Waals surface area (Å²) in [5.74, 6) is -0.616. The predicted octanol–water partition coefficient (Wildman–Crippen LogP) is -4.27. The average molecular weight is 723 g/mol. The van der Waals surface area contributed by atoms with Crippen LogP contribution in [0.25, 0.3) is 0 Å². The van der Waals surface area contributed by atoms with E-state index in [4.69, 9.17) is 0 Å². The molecule has 0 N–H and O–H groups in total. The Bertz CT molecular complexity index is 856. The first-order chi connectivity index (χ1) is 14.1. The summed E-state index contributed by atoms with van der Waals surface area (Å²) in [5, 5.41) is 0. The molecule has 0 atom stereocenters. The zero-order valence-electron chi connectivity index (χ0n) is 17.9. The van der Waals surface area contributed by atoms with Crippen molar-refractivity contribution < 1.29 is 71.8 Å². The van der Waals surface area contributed by atoms with Crippen molar-refractivity contribution in [3.63, 3.8) is 0 Å². The molecule has 0 aromatic rings. The molecule has 0 spiro atoms. The van der Waals surface area contributed by atoms with E-state index in [1.165, 1.54) is 0 Å². The molecule has 0 bridgehead atoms. The number of hydrogen-bond donors (Lipinski definition) is 0. The van der Waals surface area contributed by atoms with E-state index in [9.17, 15) is 25.9 Å². The summed E-state index contributed by atoms with van der Waals surface area (Å²) < 4.78 is 62.4. The molecule has 2 aliphatic heterocycles. The number of allylic oxidation sites excluding steroid dienone is 6. The van der Waals surface area contributed by atoms with Crippen molar-refractivity contribution in [2.45, 2.75) is 12.8 Å². The monoisotopic (exact) mass is 721 g/mol. The molecule has 0 unspecified atom stereocenters. The van der Waals surface area contributed by atoms with E-state index in [1.807, 2.05) is 46.3 Å². The van der Waals surface area contributed by atoms with Crippen LogP contribution in [0, 0.1) is 0 Å². The molecule has 0 aromatic carbocycles. The molecule has 33 heavy (non-hydrogen) atoms. The van der Waals surface area contributed by atoms with E-state index in [0.29, 0.717) is 25.9 Å². The van der Waals surface area contributed by atoms with Gasteiger partial charge in [0.2, 0.25) is 0 Å². The molecule has 13 heteroatoms. The summed E-state index contributed by atoms with van der Waals surface area (Å²) in [6.07, 6.45) is 15.7. The van der Waals surface area contributed by atoms with Crippen molar-refractivity contribution in [3.05, 3.63) is 73.2 Å². The SMILES string of the molecule is C=CC1=CC=CCN1CCCS(=O)(=O)[O-].C=CC1=CC=CCN1CCCS(=O)(=O)[O-].[Cl-].[Cl-].[Pt+4]. The molecule has 2 aliphatic rings. The molecule has 0 saturated carbocycles. The van der Waals surface area contributed by atoms with Crippen molar-refractivity contribution >= 4 is 20.2 Å². The molecule has 2 heterocycles. The van der Waals surface area contributed by atoms with Crippen LogP contribution in [0.15, 0.2) is 73.2 Å². The summed E-state index contributed by atoms with van der Waals surface area (Å²) >= 11 is 0. The minimum atomic E-state index is -4.09. The van der Waals surface area contributed by atoms with E-state index in [0.717, 1.165) is 24.5 Å². The molecule has 0 amide bonds. The third-order valence-corrected chi connectivity index (χ3v) is 5.83. The molecule has 8 nitrogen and oxygen atoms in total. The van der Waals surface area contributed by atoms with Gasteiger partial charge in [-0.3, -0.25) is 0 Å². The fraction of sp³-hybridized carbons (Fsp3) is 0.400. The Morgan fingerprint density at radius 2 is 1.12 bits per heavy atom. The molecular weight excluding hydrogens is 694 g/mol. The van der Waals surface area contributed by atoms with Crippen LogP contribution in [0.3, 0.4) is 0 Å². The summed E-state index contributed by atoms with van der Waals surface area (Å²) in [5.41, 5.74) is 1.92. The van der Waals surface area contributed by atoms with Crippen molar-refractivity contribution in [2.75, 3.05) is 37.7 Å². The summed E-state index contributed by atoms with van der Waals surface area (Å²) in [6, 6.07) is 0. The van der Waals surface area contributed by atoms with Gasteiger partial charge in [-0.15, -0.1) is 0 Å². The fourth-order valence-corrected chi connectivity index (χ4v) is 3.80. The topological polar surface area (TPSA) is 121 Å². The van der Waals surface area contributed by atoms with Gasteiger partial charge in [-0.2, -0.15) is 0 Å². The first-order valence-electron chi connectivity index (χ1n) is 9.41. The van der Waals surface area contributed by atoms with Gasteiger partial charge in [-0.1, -0.05) is 37.5 Å². The van der Waals surface area contributed by atoms with Crippen LogP contribution >= 0.6 is 0 Å². The molecule has 0 radical (unpaired) electrons. The van der Waals surface area contributed by atoms with Crippen LogP contribution in [0.2, 0.25) is 0 Å². The van der Waals surface area contributed by atoms with Gasteiger partial charge in [0.25, 0.3) is 0 Å². The van der Waals surface area contributed by atoms with Gasteiger partial charge in [-0.25, -0.2) is 16.8 Å². The van der Waals surface area contributed by atoms with Gasteiger partial charge >= 0.3 is 21.1 Å². The second kappa shape index (κ2) is 18.5. The Hall–Kier alpha value is -0.872. The standard InChI is InChI=1S/2C10H15NO3S.2ClH.Pt/c2*1-2-10-6-3-4-7-11(10)8-5-9-15(12,13)14;;;/h2*2-4,6H,1,5,7-9H2,(H,12,13,14);2*1H;/q;;;;+4/p-4. The van der Waals surface area contributed by atoms with Crippen LogP contribution in [0.1, 0.15) is 12.8 Å². The maximum absolute atomic E-state index is 10.4. The van der Waals surface area contributed by atoms with Gasteiger partial charge in [0.15, 0.2) is 0 Å². The second-order valence-electron chi connectivity index (χ2n) is 6.57. The number of nitrogens with zero attached hydrogens (tertiary/aromatic N) is 2. The number of rotatable bonds is 10. The molecule has 0 aromatic heterocycles. The Labute approximate surface area is 224 Å². The average Bonchev–Trinajstić information content (AvgIpc) is 2.67. The molecule has 190 valence electrons. The molecule has 0 fully saturated rings. The van der Waals surface area contributed by atoms with Crippen molar-refractivity contribution in [3.8, 4) is 0 Å². The van der Waals surface area contributed by atoms with Gasteiger partial charge < -0.3 is 43.7 Å². The first-order valence-corrected chi connectivity index (χ1v) is 12.6. The minimum absolute atomic E-state index is 0. The van der Waals surface area contributed by atoms with Gasteiger partial charge in [0.05, 0.1) is 20.2 Å². The third-order valence-electron chi connectivity index (χ3n) is 4.25. The minimum Gasteiger partial charge on any atom is -1.00 e. The van der Waals surface area contributed by atoms with Crippen molar-refractivity contribution in [2.24, 2.45) is 0 Å². The van der Waals surface area contributed by atoms with Crippen LogP contribution in [0.4, 0.5) is 0 Å². The van der Waals surface area contributed by atoms with Crippen LogP contribution in [0.5, 0.6) is 0 Å². The van der Waals surface area contributed by atoms with E-state index >= 15 is 0 Å². The van der Waals surface area contributed by atoms with Gasteiger partial charge in [0, 0.05) is 49.1 Å². The second-order valence-corrected chi connectivity index (χ2v) is 9.62. The van der Waals surface area contributed by atoms with Crippen LogP contribution in [-0.2, 0) is 41.3 Å². The summed E-state index contributed by atoms with van der Waals surface area (Å²) in [4.78, 5) is 3.97. The molecule has 0 saturated heterocycles. The van der Waals surface area contributed by atoms with Crippen molar-refractivity contribution in [1.82, 2.24) is 9.80 Å². The first kappa shape index (κ1) is 36.7. The number of halogens is 2. The smallest absolute Gasteiger partial charge is 1.00 e. The van der Waals surface area contributed by atoms with E-state index < -0.39 is 20.2 Å². The third kappa shape index (κ3) is 17.3. The Morgan fingerprint density at radius 3 is 1.39 bits per heavy atom. The Balaban J connectivity index is -0.000000500. The summed E-state index contributed by atoms with van der Waals surface area (Å²) in [6.45, 7) is 9.92. The molecule has 0 aliphatic carbocycles. The van der Waals surface area contributed by atoms with E-state index in [2.05, 4.69) is 13.2 Å². The normalized spacial score (nSPS) is 14.8. The Kier molecular flexibility index (Phi) is 20.5. The molecule has 2 rings (SSSR count). The fourth-order valence-electron chi connectivity index (χ4n) is 2.83. The van der Waals surface area contributed by atoms with Gasteiger partial charge in [-0.05, 0) is 37.1 Å². The Morgan fingerprint density at radius 1 is 0.788 bits per heavy atom. The van der Waals surface area contributed by atoms with Crippen LogP contribution < -0.4 is 24.8 Å².